The summed E-state index contributed by atoms with van der Waals surface area (Å²) in [6.45, 7) is 1.97. The van der Waals surface area contributed by atoms with E-state index in [1.807, 2.05) is 48.5 Å². The molecule has 0 spiro atoms. The van der Waals surface area contributed by atoms with Gasteiger partial charge in [0.25, 0.3) is 10.0 Å². The largest absolute Gasteiger partial charge is 0.350 e. The molecule has 1 aliphatic rings. The van der Waals surface area contributed by atoms with Crippen molar-refractivity contribution in [3.63, 3.8) is 0 Å². The van der Waals surface area contributed by atoms with Crippen molar-refractivity contribution in [3.8, 4) is 0 Å². The summed E-state index contributed by atoms with van der Waals surface area (Å²) in [6.07, 6.45) is 0. The van der Waals surface area contributed by atoms with Crippen molar-refractivity contribution in [2.45, 2.75) is 24.4 Å². The number of carbonyl (C=O) groups excluding carboxylic acids is 1. The number of sulfonamides is 1. The number of benzene rings is 3. The van der Waals surface area contributed by atoms with Crippen molar-refractivity contribution in [2.75, 3.05) is 4.31 Å². The Hall–Kier alpha value is -2.86. The monoisotopic (exact) mass is 366 g/mol. The molecule has 1 aliphatic heterocycles. The second kappa shape index (κ2) is 6.14. The zero-order valence-corrected chi connectivity index (χ0v) is 15.0. The molecule has 0 bridgehead atoms. The number of hydrogen-bond acceptors (Lipinski definition) is 3. The molecule has 5 nitrogen and oxygen atoms in total. The Labute approximate surface area is 152 Å². The van der Waals surface area contributed by atoms with E-state index in [9.17, 15) is 13.2 Å². The number of amides is 1. The van der Waals surface area contributed by atoms with Crippen LogP contribution in [0, 0.1) is 0 Å². The molecule has 1 heterocycles. The maximum absolute atomic E-state index is 13.0. The van der Waals surface area contributed by atoms with Crippen molar-refractivity contribution in [3.05, 3.63) is 72.3 Å². The fraction of sp³-hybridized carbons (Fsp3) is 0.150. The summed E-state index contributed by atoms with van der Waals surface area (Å²) < 4.78 is 27.3. The van der Waals surface area contributed by atoms with Crippen molar-refractivity contribution >= 4 is 32.4 Å². The first-order valence-corrected chi connectivity index (χ1v) is 9.82. The lowest BCUT2D eigenvalue weighted by Crippen LogP contribution is -2.46. The Kier molecular flexibility index (Phi) is 3.92. The van der Waals surface area contributed by atoms with Crippen molar-refractivity contribution in [2.24, 2.45) is 0 Å². The molecule has 26 heavy (non-hydrogen) atoms. The third kappa shape index (κ3) is 2.54. The average Bonchev–Trinajstić information content (AvgIpc) is 2.89. The van der Waals surface area contributed by atoms with Crippen LogP contribution in [0.15, 0.2) is 71.6 Å². The first-order valence-electron chi connectivity index (χ1n) is 8.38. The molecule has 0 aromatic heterocycles. The third-order valence-electron chi connectivity index (χ3n) is 4.66. The minimum absolute atomic E-state index is 0.258. The summed E-state index contributed by atoms with van der Waals surface area (Å²) in [5.41, 5.74) is 1.52. The van der Waals surface area contributed by atoms with E-state index < -0.39 is 16.1 Å². The lowest BCUT2D eigenvalue weighted by atomic mass is 10.1. The first-order chi connectivity index (χ1) is 12.5. The maximum Gasteiger partial charge on any atom is 0.265 e. The second-order valence-electron chi connectivity index (χ2n) is 6.31. The van der Waals surface area contributed by atoms with Crippen LogP contribution >= 0.6 is 0 Å². The number of nitrogens with zero attached hydrogens (tertiary/aromatic N) is 1. The highest BCUT2D eigenvalue weighted by molar-refractivity contribution is 7.93. The lowest BCUT2D eigenvalue weighted by molar-refractivity contribution is -0.122. The summed E-state index contributed by atoms with van der Waals surface area (Å²) in [5.74, 6) is -0.331. The molecule has 0 radical (unpaired) electrons. The lowest BCUT2D eigenvalue weighted by Gasteiger charge is -2.25. The molecular weight excluding hydrogens is 348 g/mol. The minimum Gasteiger partial charge on any atom is -0.350 e. The Morgan fingerprint density at radius 2 is 1.69 bits per heavy atom. The summed E-state index contributed by atoms with van der Waals surface area (Å²) in [5, 5.41) is 4.36. The number of carbonyl (C=O) groups is 1. The molecule has 0 saturated heterocycles. The SMILES string of the molecule is CC(C(=O)NCc1ccccc1)N1c2cccc3cccc(c23)S1(=O)=O. The maximum atomic E-state index is 13.0. The van der Waals surface area contributed by atoms with Crippen LogP contribution in [0.3, 0.4) is 0 Å². The number of rotatable bonds is 4. The van der Waals surface area contributed by atoms with Crippen LogP contribution in [-0.2, 0) is 21.4 Å². The van der Waals surface area contributed by atoms with Gasteiger partial charge in [0, 0.05) is 11.9 Å². The third-order valence-corrected chi connectivity index (χ3v) is 6.59. The van der Waals surface area contributed by atoms with Gasteiger partial charge in [-0.25, -0.2) is 8.42 Å². The second-order valence-corrected chi connectivity index (χ2v) is 8.09. The summed E-state index contributed by atoms with van der Waals surface area (Å²) >= 11 is 0. The van der Waals surface area contributed by atoms with Gasteiger partial charge in [-0.1, -0.05) is 54.6 Å². The highest BCUT2D eigenvalue weighted by atomic mass is 32.2. The van der Waals surface area contributed by atoms with Gasteiger partial charge < -0.3 is 5.32 Å². The van der Waals surface area contributed by atoms with Gasteiger partial charge in [0.2, 0.25) is 5.91 Å². The number of nitrogens with one attached hydrogen (secondary N) is 1. The molecule has 3 aromatic rings. The predicted molar refractivity (Wildman–Crippen MR) is 101 cm³/mol. The summed E-state index contributed by atoms with van der Waals surface area (Å²) in [6, 6.07) is 19.3. The Morgan fingerprint density at radius 1 is 1.00 bits per heavy atom. The molecule has 1 atom stereocenters. The van der Waals surface area contributed by atoms with Gasteiger partial charge in [-0.05, 0) is 30.0 Å². The van der Waals surface area contributed by atoms with Crippen molar-refractivity contribution in [1.29, 1.82) is 0 Å². The molecule has 6 heteroatoms. The van der Waals surface area contributed by atoms with Crippen LogP contribution in [0.2, 0.25) is 0 Å². The summed E-state index contributed by atoms with van der Waals surface area (Å²) in [7, 11) is -3.75. The number of anilines is 1. The van der Waals surface area contributed by atoms with Gasteiger partial charge in [0.1, 0.15) is 6.04 Å². The van der Waals surface area contributed by atoms with Crippen LogP contribution in [-0.4, -0.2) is 20.4 Å². The fourth-order valence-corrected chi connectivity index (χ4v) is 5.24. The van der Waals surface area contributed by atoms with E-state index in [-0.39, 0.29) is 10.8 Å². The van der Waals surface area contributed by atoms with Gasteiger partial charge in [-0.15, -0.1) is 0 Å². The van der Waals surface area contributed by atoms with Gasteiger partial charge in [-0.2, -0.15) is 0 Å². The quantitative estimate of drug-likeness (QED) is 0.772. The van der Waals surface area contributed by atoms with E-state index in [1.54, 1.807) is 25.1 Å². The molecule has 0 aliphatic carbocycles. The van der Waals surface area contributed by atoms with Gasteiger partial charge in [-0.3, -0.25) is 9.10 Å². The normalized spacial score (nSPS) is 15.8. The standard InChI is InChI=1S/C20H18N2O3S/c1-14(20(23)21-13-15-7-3-2-4-8-15)22-17-11-5-9-16-10-6-12-18(19(16)17)26(22,24)25/h2-12,14H,13H2,1H3,(H,21,23). The molecule has 1 amide bonds. The Bertz CT molecular complexity index is 1090. The van der Waals surface area contributed by atoms with Gasteiger partial charge >= 0.3 is 0 Å². The minimum atomic E-state index is -3.75. The highest BCUT2D eigenvalue weighted by Crippen LogP contribution is 2.43. The topological polar surface area (TPSA) is 66.5 Å². The van der Waals surface area contributed by atoms with Crippen LogP contribution < -0.4 is 9.62 Å². The van der Waals surface area contributed by atoms with E-state index in [0.29, 0.717) is 17.6 Å². The van der Waals surface area contributed by atoms with Crippen molar-refractivity contribution in [1.82, 2.24) is 5.32 Å². The zero-order valence-electron chi connectivity index (χ0n) is 14.2. The van der Waals surface area contributed by atoms with Crippen LogP contribution in [0.5, 0.6) is 0 Å². The Balaban J connectivity index is 1.65. The highest BCUT2D eigenvalue weighted by Gasteiger charge is 2.40. The molecular formula is C20H18N2O3S. The molecule has 0 saturated carbocycles. The van der Waals surface area contributed by atoms with E-state index in [0.717, 1.165) is 10.9 Å². The van der Waals surface area contributed by atoms with E-state index >= 15 is 0 Å². The Morgan fingerprint density at radius 3 is 2.42 bits per heavy atom. The molecule has 1 N–H and O–H groups in total. The van der Waals surface area contributed by atoms with E-state index in [1.165, 1.54) is 4.31 Å². The molecule has 4 rings (SSSR count). The van der Waals surface area contributed by atoms with Crippen LogP contribution in [0.4, 0.5) is 5.69 Å². The summed E-state index contributed by atoms with van der Waals surface area (Å²) in [4.78, 5) is 12.9. The van der Waals surface area contributed by atoms with E-state index in [2.05, 4.69) is 5.32 Å². The smallest absolute Gasteiger partial charge is 0.265 e. The van der Waals surface area contributed by atoms with Crippen molar-refractivity contribution < 1.29 is 13.2 Å². The molecule has 132 valence electrons. The fourth-order valence-electron chi connectivity index (χ4n) is 3.38. The molecule has 0 fully saturated rings. The van der Waals surface area contributed by atoms with Crippen LogP contribution in [0.25, 0.3) is 10.8 Å². The van der Waals surface area contributed by atoms with Gasteiger partial charge in [0.05, 0.1) is 10.6 Å². The first kappa shape index (κ1) is 16.6. The van der Waals surface area contributed by atoms with Gasteiger partial charge in [0.15, 0.2) is 0 Å². The predicted octanol–water partition coefficient (Wildman–Crippen LogP) is 3.05. The molecule has 1 unspecified atom stereocenters. The van der Waals surface area contributed by atoms with Crippen LogP contribution in [0.1, 0.15) is 12.5 Å². The zero-order chi connectivity index (χ0) is 18.3. The van der Waals surface area contributed by atoms with E-state index in [4.69, 9.17) is 0 Å². The average molecular weight is 366 g/mol. The number of hydrogen-bond donors (Lipinski definition) is 1. The molecule has 3 aromatic carbocycles.